The molecule has 106 valence electrons. The highest BCUT2D eigenvalue weighted by Crippen LogP contribution is 2.34. The summed E-state index contributed by atoms with van der Waals surface area (Å²) in [5, 5.41) is 15.2. The largest absolute Gasteiger partial charge is 0.353 e. The number of hydrogen-bond acceptors (Lipinski definition) is 5. The molecule has 0 aromatic carbocycles. The Hall–Kier alpha value is -2.18. The van der Waals surface area contributed by atoms with Crippen molar-refractivity contribution in [1.29, 1.82) is 0 Å². The third-order valence-corrected chi connectivity index (χ3v) is 4.10. The molecule has 0 amide bonds. The normalized spacial score (nSPS) is 15.7. The van der Waals surface area contributed by atoms with Gasteiger partial charge in [0, 0.05) is 23.8 Å². The van der Waals surface area contributed by atoms with E-state index in [9.17, 15) is 10.1 Å². The van der Waals surface area contributed by atoms with Crippen LogP contribution in [0, 0.1) is 17.0 Å². The first-order chi connectivity index (χ1) is 9.54. The number of nitrogens with zero attached hydrogens (tertiary/aromatic N) is 5. The van der Waals surface area contributed by atoms with Crippen LogP contribution in [0.4, 0.5) is 11.5 Å². The van der Waals surface area contributed by atoms with Gasteiger partial charge in [0.1, 0.15) is 12.0 Å². The van der Waals surface area contributed by atoms with Crippen molar-refractivity contribution in [2.24, 2.45) is 0 Å². The highest BCUT2D eigenvalue weighted by molar-refractivity contribution is 5.67. The average molecular weight is 275 g/mol. The van der Waals surface area contributed by atoms with Crippen molar-refractivity contribution in [2.75, 3.05) is 11.4 Å². The molecule has 1 aliphatic rings. The van der Waals surface area contributed by atoms with E-state index < -0.39 is 4.92 Å². The second kappa shape index (κ2) is 4.43. The van der Waals surface area contributed by atoms with Gasteiger partial charge in [-0.15, -0.1) is 0 Å². The number of aryl methyl sites for hydroxylation is 1. The Morgan fingerprint density at radius 1 is 1.55 bits per heavy atom. The maximum atomic E-state index is 11.1. The zero-order valence-electron chi connectivity index (χ0n) is 11.8. The molecule has 0 aliphatic carbocycles. The summed E-state index contributed by atoms with van der Waals surface area (Å²) in [6.45, 7) is 7.13. The number of nitro groups is 1. The first kappa shape index (κ1) is 12.8. The molecule has 7 heteroatoms. The summed E-state index contributed by atoms with van der Waals surface area (Å²) in [5.74, 6) is 0.968. The highest BCUT2D eigenvalue weighted by Gasteiger charge is 2.30. The molecule has 0 fully saturated rings. The van der Waals surface area contributed by atoms with Crippen molar-refractivity contribution >= 4 is 17.2 Å². The Balaban J connectivity index is 2.27. The van der Waals surface area contributed by atoms with Crippen LogP contribution >= 0.6 is 0 Å². The molecule has 3 heterocycles. The van der Waals surface area contributed by atoms with E-state index in [1.807, 2.05) is 6.92 Å². The lowest BCUT2D eigenvalue weighted by Crippen LogP contribution is -2.32. The number of aromatic nitrogens is 3. The van der Waals surface area contributed by atoms with Crippen molar-refractivity contribution in [1.82, 2.24) is 14.6 Å². The summed E-state index contributed by atoms with van der Waals surface area (Å²) in [6, 6.07) is 0.379. The van der Waals surface area contributed by atoms with E-state index in [4.69, 9.17) is 0 Å². The van der Waals surface area contributed by atoms with Gasteiger partial charge in [0.2, 0.25) is 5.65 Å². The van der Waals surface area contributed by atoms with Gasteiger partial charge in [0.05, 0.1) is 4.92 Å². The average Bonchev–Trinajstić information content (AvgIpc) is 3.00. The van der Waals surface area contributed by atoms with Crippen LogP contribution < -0.4 is 4.90 Å². The Labute approximate surface area is 116 Å². The summed E-state index contributed by atoms with van der Waals surface area (Å²) >= 11 is 0. The molecule has 2 aromatic rings. The Morgan fingerprint density at radius 2 is 2.30 bits per heavy atom. The minimum Gasteiger partial charge on any atom is -0.353 e. The molecule has 0 saturated heterocycles. The van der Waals surface area contributed by atoms with E-state index in [-0.39, 0.29) is 5.69 Å². The molecular weight excluding hydrogens is 258 g/mol. The first-order valence-corrected chi connectivity index (χ1v) is 6.82. The predicted molar refractivity (Wildman–Crippen MR) is 75.2 cm³/mol. The van der Waals surface area contributed by atoms with Crippen LogP contribution in [0.1, 0.15) is 31.5 Å². The third-order valence-electron chi connectivity index (χ3n) is 4.10. The Kier molecular flexibility index (Phi) is 2.84. The molecule has 0 bridgehead atoms. The molecule has 1 aliphatic heterocycles. The van der Waals surface area contributed by atoms with Gasteiger partial charge < -0.3 is 4.90 Å². The number of anilines is 1. The molecule has 0 saturated carbocycles. The zero-order valence-corrected chi connectivity index (χ0v) is 11.8. The topological polar surface area (TPSA) is 76.6 Å². The van der Waals surface area contributed by atoms with Crippen molar-refractivity contribution in [3.05, 3.63) is 27.6 Å². The van der Waals surface area contributed by atoms with Crippen LogP contribution in [0.2, 0.25) is 0 Å². The van der Waals surface area contributed by atoms with Crippen molar-refractivity contribution in [3.8, 4) is 0 Å². The fourth-order valence-electron chi connectivity index (χ4n) is 2.81. The third kappa shape index (κ3) is 1.65. The first-order valence-electron chi connectivity index (χ1n) is 6.82. The van der Waals surface area contributed by atoms with Crippen molar-refractivity contribution in [2.45, 2.75) is 39.7 Å². The highest BCUT2D eigenvalue weighted by atomic mass is 16.6. The maximum absolute atomic E-state index is 11.1. The molecule has 2 aromatic heterocycles. The van der Waals surface area contributed by atoms with Gasteiger partial charge >= 0.3 is 5.69 Å². The molecular formula is C13H17N5O2. The van der Waals surface area contributed by atoms with Gasteiger partial charge in [0.15, 0.2) is 0 Å². The predicted octanol–water partition coefficient (Wildman–Crippen LogP) is 2.11. The van der Waals surface area contributed by atoms with Gasteiger partial charge in [-0.1, -0.05) is 6.92 Å². The van der Waals surface area contributed by atoms with Gasteiger partial charge in [-0.3, -0.25) is 10.1 Å². The summed E-state index contributed by atoms with van der Waals surface area (Å²) in [4.78, 5) is 17.3. The zero-order chi connectivity index (χ0) is 14.4. The Morgan fingerprint density at radius 3 is 2.95 bits per heavy atom. The standard InChI is InChI=1S/C13H17N5O2/c1-4-8(2)16-6-5-10-9(3)15-12-11(18(19)20)7-14-17(12)13(10)16/h7-8H,4-6H2,1-3H3. The maximum Gasteiger partial charge on any atom is 0.333 e. The summed E-state index contributed by atoms with van der Waals surface area (Å²) in [5.41, 5.74) is 2.31. The number of fused-ring (bicyclic) bond motifs is 3. The molecule has 3 rings (SSSR count). The van der Waals surface area contributed by atoms with Crippen LogP contribution in [-0.2, 0) is 6.42 Å². The lowest BCUT2D eigenvalue weighted by atomic mass is 10.2. The van der Waals surface area contributed by atoms with Gasteiger partial charge in [0.25, 0.3) is 0 Å². The minimum atomic E-state index is -0.427. The van der Waals surface area contributed by atoms with Crippen LogP contribution in [0.25, 0.3) is 5.65 Å². The molecule has 0 radical (unpaired) electrons. The van der Waals surface area contributed by atoms with E-state index in [0.717, 1.165) is 36.5 Å². The smallest absolute Gasteiger partial charge is 0.333 e. The summed E-state index contributed by atoms with van der Waals surface area (Å²) < 4.78 is 1.62. The van der Waals surface area contributed by atoms with E-state index >= 15 is 0 Å². The second-order valence-electron chi connectivity index (χ2n) is 5.22. The summed E-state index contributed by atoms with van der Waals surface area (Å²) in [7, 11) is 0. The molecule has 1 atom stereocenters. The van der Waals surface area contributed by atoms with Gasteiger partial charge in [-0.25, -0.2) is 4.98 Å². The van der Waals surface area contributed by atoms with Crippen LogP contribution in [0.3, 0.4) is 0 Å². The van der Waals surface area contributed by atoms with Crippen molar-refractivity contribution in [3.63, 3.8) is 0 Å². The van der Waals surface area contributed by atoms with Crippen molar-refractivity contribution < 1.29 is 4.92 Å². The molecule has 0 spiro atoms. The van der Waals surface area contributed by atoms with E-state index in [0.29, 0.717) is 11.7 Å². The van der Waals surface area contributed by atoms with Crippen LogP contribution in [-0.4, -0.2) is 32.1 Å². The SMILES string of the molecule is CCC(C)N1CCc2c(C)nc3c([N+](=O)[O-])cnn3c21. The minimum absolute atomic E-state index is 0.0353. The Bertz CT molecular complexity index is 694. The lowest BCUT2D eigenvalue weighted by molar-refractivity contribution is -0.383. The van der Waals surface area contributed by atoms with Crippen LogP contribution in [0.5, 0.6) is 0 Å². The van der Waals surface area contributed by atoms with E-state index in [2.05, 4.69) is 28.8 Å². The second-order valence-corrected chi connectivity index (χ2v) is 5.22. The number of hydrogen-bond donors (Lipinski definition) is 0. The quantitative estimate of drug-likeness (QED) is 0.633. The van der Waals surface area contributed by atoms with Gasteiger partial charge in [-0.2, -0.15) is 9.61 Å². The lowest BCUT2D eigenvalue weighted by Gasteiger charge is -2.26. The number of rotatable bonds is 3. The monoisotopic (exact) mass is 275 g/mol. The van der Waals surface area contributed by atoms with E-state index in [1.54, 1.807) is 4.52 Å². The fraction of sp³-hybridized carbons (Fsp3) is 0.538. The molecule has 0 N–H and O–H groups in total. The van der Waals surface area contributed by atoms with E-state index in [1.165, 1.54) is 6.20 Å². The van der Waals surface area contributed by atoms with Gasteiger partial charge in [-0.05, 0) is 26.7 Å². The molecule has 7 nitrogen and oxygen atoms in total. The molecule has 20 heavy (non-hydrogen) atoms. The van der Waals surface area contributed by atoms with Crippen LogP contribution in [0.15, 0.2) is 6.20 Å². The fourth-order valence-corrected chi connectivity index (χ4v) is 2.81. The molecule has 1 unspecified atom stereocenters. The summed E-state index contributed by atoms with van der Waals surface area (Å²) in [6.07, 6.45) is 3.23.